The summed E-state index contributed by atoms with van der Waals surface area (Å²) < 4.78 is 4.68. The van der Waals surface area contributed by atoms with Crippen LogP contribution in [-0.4, -0.2) is 40.4 Å². The molecule has 1 aliphatic heterocycles. The van der Waals surface area contributed by atoms with Crippen molar-refractivity contribution < 1.29 is 14.9 Å². The van der Waals surface area contributed by atoms with E-state index in [9.17, 15) is 10.0 Å². The second kappa shape index (κ2) is 2.72. The van der Waals surface area contributed by atoms with Crippen LogP contribution in [0.1, 0.15) is 6.92 Å². The molecule has 1 heterocycles. The van der Waals surface area contributed by atoms with Gasteiger partial charge in [-0.05, 0) is 6.92 Å². The largest absolute Gasteiger partial charge is 0.366 e. The third-order valence-electron chi connectivity index (χ3n) is 1.35. The molecule has 0 spiro atoms. The van der Waals surface area contributed by atoms with E-state index in [0.29, 0.717) is 0 Å². The van der Waals surface area contributed by atoms with Crippen molar-refractivity contribution in [3.8, 4) is 0 Å². The first-order valence-electron chi connectivity index (χ1n) is 3.20. The zero-order chi connectivity index (χ0) is 8.48. The Morgan fingerprint density at radius 3 is 2.91 bits per heavy atom. The van der Waals surface area contributed by atoms with Gasteiger partial charge < -0.3 is 14.9 Å². The second-order valence-electron chi connectivity index (χ2n) is 2.68. The van der Waals surface area contributed by atoms with Crippen molar-refractivity contribution in [3.05, 3.63) is 4.91 Å². The summed E-state index contributed by atoms with van der Waals surface area (Å²) in [5.74, 6) is -1.49. The lowest BCUT2D eigenvalue weighted by atomic mass is 10.3. The summed E-state index contributed by atoms with van der Waals surface area (Å²) in [7, 11) is 0. The molecule has 11 heavy (non-hydrogen) atoms. The second-order valence-corrected chi connectivity index (χ2v) is 2.68. The van der Waals surface area contributed by atoms with Crippen molar-refractivity contribution in [2.24, 2.45) is 5.29 Å². The molecule has 6 nitrogen and oxygen atoms in total. The topological polar surface area (TPSA) is 82.4 Å². The Bertz CT molecular complexity index is 161. The highest BCUT2D eigenvalue weighted by Crippen LogP contribution is 2.17. The summed E-state index contributed by atoms with van der Waals surface area (Å²) in [5, 5.41) is 21.7. The molecule has 2 N–H and O–H groups in total. The first-order chi connectivity index (χ1) is 5.03. The highest BCUT2D eigenvalue weighted by Gasteiger charge is 2.34. The maximum absolute atomic E-state index is 9.99. The fourth-order valence-corrected chi connectivity index (χ4v) is 1.01. The van der Waals surface area contributed by atoms with E-state index in [1.165, 1.54) is 6.92 Å². The number of aliphatic hydroxyl groups excluding tert-OH is 1. The molecule has 2 atom stereocenters. The Hall–Kier alpha value is -0.720. The first kappa shape index (κ1) is 8.38. The molecule has 0 bridgehead atoms. The third kappa shape index (κ3) is 2.11. The van der Waals surface area contributed by atoms with Gasteiger partial charge in [-0.15, -0.1) is 4.91 Å². The number of hydrogen-bond donors (Lipinski definition) is 2. The maximum Gasteiger partial charge on any atom is 0.185 e. The maximum atomic E-state index is 9.99. The SMILES string of the molecule is CC1(O)CN(N=O)CC(O)O1. The minimum absolute atomic E-state index is 0.000347. The highest BCUT2D eigenvalue weighted by atomic mass is 16.7. The monoisotopic (exact) mass is 162 g/mol. The molecule has 0 amide bonds. The van der Waals surface area contributed by atoms with Gasteiger partial charge in [0, 0.05) is 0 Å². The van der Waals surface area contributed by atoms with E-state index in [1.807, 2.05) is 0 Å². The summed E-state index contributed by atoms with van der Waals surface area (Å²) in [6, 6.07) is 0. The molecule has 0 aromatic heterocycles. The molecule has 6 heteroatoms. The van der Waals surface area contributed by atoms with Crippen molar-refractivity contribution in [2.75, 3.05) is 13.1 Å². The van der Waals surface area contributed by atoms with Gasteiger partial charge in [-0.1, -0.05) is 0 Å². The number of nitrogens with zero attached hydrogens (tertiary/aromatic N) is 2. The zero-order valence-electron chi connectivity index (χ0n) is 6.10. The van der Waals surface area contributed by atoms with Crippen molar-refractivity contribution >= 4 is 0 Å². The number of rotatable bonds is 1. The summed E-state index contributed by atoms with van der Waals surface area (Å²) in [6.45, 7) is 1.33. The molecule has 1 rings (SSSR count). The van der Waals surface area contributed by atoms with E-state index >= 15 is 0 Å². The summed E-state index contributed by atoms with van der Waals surface area (Å²) in [4.78, 5) is 9.99. The molecule has 0 aromatic rings. The van der Waals surface area contributed by atoms with Crippen LogP contribution in [0.5, 0.6) is 0 Å². The minimum atomic E-state index is -1.49. The van der Waals surface area contributed by atoms with Gasteiger partial charge in [-0.2, -0.15) is 0 Å². The van der Waals surface area contributed by atoms with Gasteiger partial charge in [0.25, 0.3) is 0 Å². The van der Waals surface area contributed by atoms with Crippen LogP contribution in [0.2, 0.25) is 0 Å². The Kier molecular flexibility index (Phi) is 2.08. The Morgan fingerprint density at radius 1 is 1.82 bits per heavy atom. The normalized spacial score (nSPS) is 38.8. The molecule has 1 aliphatic rings. The fraction of sp³-hybridized carbons (Fsp3) is 1.00. The molecular weight excluding hydrogens is 152 g/mol. The van der Waals surface area contributed by atoms with Crippen molar-refractivity contribution in [1.29, 1.82) is 0 Å². The molecule has 1 fully saturated rings. The van der Waals surface area contributed by atoms with E-state index in [2.05, 4.69) is 10.0 Å². The lowest BCUT2D eigenvalue weighted by Gasteiger charge is -2.35. The number of β-amino-alcohol motifs (C(OH)–C–C–N with tert-alkyl or cyclic N) is 2. The number of aliphatic hydroxyl groups is 2. The molecule has 0 saturated carbocycles. The predicted octanol–water partition coefficient (Wildman–Crippen LogP) is -0.973. The summed E-state index contributed by atoms with van der Waals surface area (Å²) in [5.41, 5.74) is 0. The highest BCUT2D eigenvalue weighted by molar-refractivity contribution is 4.72. The Labute approximate surface area is 63.3 Å². The summed E-state index contributed by atoms with van der Waals surface area (Å²) in [6.07, 6.45) is -1.16. The van der Waals surface area contributed by atoms with Crippen LogP contribution < -0.4 is 0 Å². The summed E-state index contributed by atoms with van der Waals surface area (Å²) >= 11 is 0. The zero-order valence-corrected chi connectivity index (χ0v) is 6.10. The van der Waals surface area contributed by atoms with Gasteiger partial charge in [0.1, 0.15) is 0 Å². The molecule has 1 saturated heterocycles. The Balaban J connectivity index is 2.57. The van der Waals surface area contributed by atoms with Gasteiger partial charge in [0.2, 0.25) is 0 Å². The number of nitroso groups, excluding NO2 is 1. The lowest BCUT2D eigenvalue weighted by molar-refractivity contribution is -0.305. The molecule has 64 valence electrons. The molecule has 2 unspecified atom stereocenters. The molecule has 0 aromatic carbocycles. The number of hydrogen-bond acceptors (Lipinski definition) is 5. The van der Waals surface area contributed by atoms with E-state index in [4.69, 9.17) is 5.11 Å². The quantitative estimate of drug-likeness (QED) is 0.484. The van der Waals surface area contributed by atoms with E-state index in [1.54, 1.807) is 0 Å². The van der Waals surface area contributed by atoms with Crippen molar-refractivity contribution in [2.45, 2.75) is 19.0 Å². The van der Waals surface area contributed by atoms with Crippen LogP contribution in [0.15, 0.2) is 5.29 Å². The third-order valence-corrected chi connectivity index (χ3v) is 1.35. The van der Waals surface area contributed by atoms with Crippen LogP contribution in [0.4, 0.5) is 0 Å². The van der Waals surface area contributed by atoms with E-state index in [-0.39, 0.29) is 13.1 Å². The average Bonchev–Trinajstić information content (AvgIpc) is 1.83. The van der Waals surface area contributed by atoms with Crippen molar-refractivity contribution in [3.63, 3.8) is 0 Å². The smallest absolute Gasteiger partial charge is 0.185 e. The van der Waals surface area contributed by atoms with Gasteiger partial charge in [-0.25, -0.2) is 0 Å². The van der Waals surface area contributed by atoms with Crippen LogP contribution in [0.3, 0.4) is 0 Å². The van der Waals surface area contributed by atoms with Gasteiger partial charge in [0.15, 0.2) is 12.1 Å². The van der Waals surface area contributed by atoms with Gasteiger partial charge in [0.05, 0.1) is 18.4 Å². The van der Waals surface area contributed by atoms with Crippen LogP contribution in [0, 0.1) is 4.91 Å². The van der Waals surface area contributed by atoms with Gasteiger partial charge >= 0.3 is 0 Å². The molecule has 0 radical (unpaired) electrons. The molecule has 0 aliphatic carbocycles. The minimum Gasteiger partial charge on any atom is -0.366 e. The fourth-order valence-electron chi connectivity index (χ4n) is 1.01. The number of morpholine rings is 1. The van der Waals surface area contributed by atoms with E-state index < -0.39 is 12.1 Å². The average molecular weight is 162 g/mol. The Morgan fingerprint density at radius 2 is 2.45 bits per heavy atom. The van der Waals surface area contributed by atoms with Crippen molar-refractivity contribution in [1.82, 2.24) is 5.01 Å². The standard InChI is InChI=1S/C5H10N2O4/c1-5(9)3-7(6-10)2-4(8)11-5/h4,8-9H,2-3H2,1H3. The predicted molar refractivity (Wildman–Crippen MR) is 35.1 cm³/mol. The van der Waals surface area contributed by atoms with Crippen LogP contribution in [0.25, 0.3) is 0 Å². The number of ether oxygens (including phenoxy) is 1. The first-order valence-corrected chi connectivity index (χ1v) is 3.20. The lowest BCUT2D eigenvalue weighted by Crippen LogP contribution is -2.52. The van der Waals surface area contributed by atoms with E-state index in [0.717, 1.165) is 5.01 Å². The molecular formula is C5H10N2O4. The van der Waals surface area contributed by atoms with Crippen LogP contribution >= 0.6 is 0 Å². The van der Waals surface area contributed by atoms with Gasteiger partial charge in [-0.3, -0.25) is 5.01 Å². The van der Waals surface area contributed by atoms with Crippen LogP contribution in [-0.2, 0) is 4.74 Å².